The zero-order chi connectivity index (χ0) is 18.7. The Labute approximate surface area is 215 Å². The van der Waals surface area contributed by atoms with Gasteiger partial charge in [0.25, 0.3) is 0 Å². The zero-order valence-electron chi connectivity index (χ0n) is 17.2. The van der Waals surface area contributed by atoms with Gasteiger partial charge in [-0.25, -0.2) is 0 Å². The third-order valence-corrected chi connectivity index (χ3v) is 6.82. The second-order valence-electron chi connectivity index (χ2n) is 8.16. The molecule has 0 aromatic heterocycles. The van der Waals surface area contributed by atoms with Crippen molar-refractivity contribution < 1.29 is 50.7 Å². The van der Waals surface area contributed by atoms with E-state index in [4.69, 9.17) is 0 Å². The van der Waals surface area contributed by atoms with Crippen LogP contribution in [-0.2, 0) is 25.8 Å². The molecule has 0 saturated heterocycles. The van der Waals surface area contributed by atoms with Gasteiger partial charge in [0.05, 0.1) is 0 Å². The molecule has 0 unspecified atom stereocenters. The van der Waals surface area contributed by atoms with Crippen LogP contribution in [0.2, 0.25) is 0 Å². The van der Waals surface area contributed by atoms with E-state index in [9.17, 15) is 0 Å². The Morgan fingerprint density at radius 3 is 0.935 bits per heavy atom. The molecule has 2 aliphatic rings. The molecule has 4 aromatic carbocycles. The Kier molecular flexibility index (Phi) is 7.31. The normalized spacial score (nSPS) is 13.2. The molecular formula is C28H22Cl2Hf-2. The Hall–Kier alpha value is -1.67. The van der Waals surface area contributed by atoms with Crippen LogP contribution in [0.5, 0.6) is 0 Å². The van der Waals surface area contributed by atoms with E-state index in [0.29, 0.717) is 17.8 Å². The molecule has 31 heavy (non-hydrogen) atoms. The predicted octanol–water partition coefficient (Wildman–Crippen LogP) is 1.25. The van der Waals surface area contributed by atoms with Crippen LogP contribution in [0.3, 0.4) is 0 Å². The minimum absolute atomic E-state index is 0. The Morgan fingerprint density at radius 2 is 0.677 bits per heavy atom. The predicted molar refractivity (Wildman–Crippen MR) is 117 cm³/mol. The molecule has 0 nitrogen and oxygen atoms in total. The van der Waals surface area contributed by atoms with Crippen molar-refractivity contribution in [2.75, 3.05) is 0 Å². The van der Waals surface area contributed by atoms with Crippen molar-refractivity contribution in [1.29, 1.82) is 0 Å². The smallest absolute Gasteiger partial charge is 0.0136 e. The van der Waals surface area contributed by atoms with Crippen LogP contribution in [0, 0.1) is 5.92 Å². The van der Waals surface area contributed by atoms with E-state index >= 15 is 0 Å². The van der Waals surface area contributed by atoms with Crippen LogP contribution in [0.25, 0.3) is 22.3 Å². The summed E-state index contributed by atoms with van der Waals surface area (Å²) in [6, 6.07) is 36.0. The van der Waals surface area contributed by atoms with E-state index in [-0.39, 0.29) is 50.7 Å². The maximum absolute atomic E-state index is 2.45. The van der Waals surface area contributed by atoms with Crippen molar-refractivity contribution in [3.05, 3.63) is 119 Å². The first kappa shape index (κ1) is 24.0. The van der Waals surface area contributed by atoms with Crippen molar-refractivity contribution in [3.63, 3.8) is 0 Å². The molecule has 0 bridgehead atoms. The van der Waals surface area contributed by atoms with Gasteiger partial charge in [-0.15, -0.1) is 0 Å². The standard InChI is InChI=1S/C28H22.2ClH.Hf/c1-18(27-23-14-6-2-10-19(23)20-11-3-7-15-24(20)27)28-25-16-8-4-12-21(25)22-13-5-9-17-26(22)28;;;/h2-18,27-28H,1H3;2*1H;/p-2. The summed E-state index contributed by atoms with van der Waals surface area (Å²) in [6.45, 7) is 2.45. The number of benzene rings is 4. The van der Waals surface area contributed by atoms with Crippen molar-refractivity contribution >= 4 is 0 Å². The first-order valence-electron chi connectivity index (χ1n) is 10.2. The monoisotopic (exact) mass is 608 g/mol. The largest absolute Gasteiger partial charge is 1.00 e. The molecule has 2 aliphatic carbocycles. The zero-order valence-corrected chi connectivity index (χ0v) is 22.3. The van der Waals surface area contributed by atoms with E-state index in [0.717, 1.165) is 0 Å². The topological polar surface area (TPSA) is 0 Å². The van der Waals surface area contributed by atoms with Gasteiger partial charge in [-0.05, 0) is 50.4 Å². The van der Waals surface area contributed by atoms with Gasteiger partial charge in [0.2, 0.25) is 0 Å². The van der Waals surface area contributed by atoms with Crippen LogP contribution >= 0.6 is 0 Å². The van der Waals surface area contributed by atoms with Crippen molar-refractivity contribution in [1.82, 2.24) is 0 Å². The molecule has 0 fully saturated rings. The van der Waals surface area contributed by atoms with Gasteiger partial charge in [0.1, 0.15) is 0 Å². The van der Waals surface area contributed by atoms with E-state index in [1.807, 2.05) is 0 Å². The van der Waals surface area contributed by atoms with Crippen LogP contribution in [0.4, 0.5) is 0 Å². The minimum atomic E-state index is 0. The van der Waals surface area contributed by atoms with Crippen molar-refractivity contribution in [2.24, 2.45) is 5.92 Å². The molecule has 0 N–H and O–H groups in total. The molecule has 0 atom stereocenters. The fourth-order valence-electron chi connectivity index (χ4n) is 5.71. The molecule has 0 aliphatic heterocycles. The quantitative estimate of drug-likeness (QED) is 0.301. The maximum Gasteiger partial charge on any atom is 0.0136 e. The van der Waals surface area contributed by atoms with Crippen LogP contribution in [0.1, 0.15) is 41.0 Å². The van der Waals surface area contributed by atoms with Crippen LogP contribution < -0.4 is 24.8 Å². The summed E-state index contributed by atoms with van der Waals surface area (Å²) in [5, 5.41) is 0. The molecule has 0 spiro atoms. The Balaban J connectivity index is 0.000000907. The first-order chi connectivity index (χ1) is 13.8. The number of hydrogen-bond acceptors (Lipinski definition) is 0. The SMILES string of the molecule is CC(C1c2ccccc2-c2ccccc21)C1c2ccccc2-c2ccccc21.[Cl-].[Cl-].[Hf]. The van der Waals surface area contributed by atoms with Crippen LogP contribution in [-0.4, -0.2) is 0 Å². The number of hydrogen-bond donors (Lipinski definition) is 0. The molecule has 4 aromatic rings. The molecule has 0 amide bonds. The summed E-state index contributed by atoms with van der Waals surface area (Å²) in [5.41, 5.74) is 11.6. The van der Waals surface area contributed by atoms with E-state index in [1.165, 1.54) is 44.5 Å². The van der Waals surface area contributed by atoms with Gasteiger partial charge < -0.3 is 24.8 Å². The number of rotatable bonds is 2. The van der Waals surface area contributed by atoms with Gasteiger partial charge in [-0.3, -0.25) is 0 Å². The molecule has 3 heteroatoms. The average molecular weight is 608 g/mol. The second-order valence-corrected chi connectivity index (χ2v) is 8.16. The average Bonchev–Trinajstić information content (AvgIpc) is 3.27. The minimum Gasteiger partial charge on any atom is -1.00 e. The first-order valence-corrected chi connectivity index (χ1v) is 10.2. The summed E-state index contributed by atoms with van der Waals surface area (Å²) in [4.78, 5) is 0. The van der Waals surface area contributed by atoms with Gasteiger partial charge in [0, 0.05) is 37.7 Å². The fourth-order valence-corrected chi connectivity index (χ4v) is 5.71. The van der Waals surface area contributed by atoms with Crippen LogP contribution in [0.15, 0.2) is 97.1 Å². The summed E-state index contributed by atoms with van der Waals surface area (Å²) in [5.74, 6) is 1.34. The fraction of sp³-hybridized carbons (Fsp3) is 0.143. The number of halogens is 2. The molecule has 0 saturated carbocycles. The summed E-state index contributed by atoms with van der Waals surface area (Å²) in [6.07, 6.45) is 0. The summed E-state index contributed by atoms with van der Waals surface area (Å²) >= 11 is 0. The molecule has 0 heterocycles. The summed E-state index contributed by atoms with van der Waals surface area (Å²) in [7, 11) is 0. The summed E-state index contributed by atoms with van der Waals surface area (Å²) < 4.78 is 0. The van der Waals surface area contributed by atoms with E-state index < -0.39 is 0 Å². The van der Waals surface area contributed by atoms with Crippen molar-refractivity contribution in [3.8, 4) is 22.3 Å². The second kappa shape index (κ2) is 9.45. The molecule has 154 valence electrons. The Bertz CT molecular complexity index is 1030. The Morgan fingerprint density at radius 1 is 0.452 bits per heavy atom. The third-order valence-electron chi connectivity index (χ3n) is 6.82. The van der Waals surface area contributed by atoms with Gasteiger partial charge in [-0.1, -0.05) is 104 Å². The third kappa shape index (κ3) is 3.55. The van der Waals surface area contributed by atoms with Gasteiger partial charge in [-0.2, -0.15) is 0 Å². The van der Waals surface area contributed by atoms with E-state index in [1.54, 1.807) is 0 Å². The van der Waals surface area contributed by atoms with Gasteiger partial charge >= 0.3 is 0 Å². The van der Waals surface area contributed by atoms with E-state index in [2.05, 4.69) is 104 Å². The molecular weight excluding hydrogens is 586 g/mol. The van der Waals surface area contributed by atoms with Crippen molar-refractivity contribution in [2.45, 2.75) is 18.8 Å². The number of fused-ring (bicyclic) bond motifs is 6. The van der Waals surface area contributed by atoms with Gasteiger partial charge in [0.15, 0.2) is 0 Å². The molecule has 0 radical (unpaired) electrons. The maximum atomic E-state index is 2.45. The molecule has 6 rings (SSSR count).